The molecule has 0 saturated heterocycles. The molecule has 2 N–H and O–H groups in total. The smallest absolute Gasteiger partial charge is 0.339 e. The van der Waals surface area contributed by atoms with Crippen molar-refractivity contribution in [2.75, 3.05) is 12.8 Å². The Bertz CT molecular complexity index is 616. The summed E-state index contributed by atoms with van der Waals surface area (Å²) in [7, 11) is 1.26. The molecule has 19 heavy (non-hydrogen) atoms. The highest BCUT2D eigenvalue weighted by atomic mass is 32.2. The second-order valence-corrected chi connectivity index (χ2v) is 4.86. The number of esters is 1. The molecule has 0 heterocycles. The first kappa shape index (κ1) is 13.4. The Labute approximate surface area is 114 Å². The third-order valence-corrected chi connectivity index (χ3v) is 3.65. The van der Waals surface area contributed by atoms with Gasteiger partial charge in [0.2, 0.25) is 0 Å². The molecule has 2 rings (SSSR count). The summed E-state index contributed by atoms with van der Waals surface area (Å²) in [4.78, 5) is 13.0. The summed E-state index contributed by atoms with van der Waals surface area (Å²) in [6.45, 7) is 0. The van der Waals surface area contributed by atoms with E-state index in [4.69, 9.17) is 5.73 Å². The molecule has 0 bridgehead atoms. The number of hydrogen-bond donors (Lipinski definition) is 1. The van der Waals surface area contributed by atoms with Gasteiger partial charge in [-0.25, -0.2) is 9.18 Å². The minimum absolute atomic E-state index is 0.191. The normalized spacial score (nSPS) is 10.2. The number of hydrogen-bond acceptors (Lipinski definition) is 4. The van der Waals surface area contributed by atoms with E-state index in [1.807, 2.05) is 18.2 Å². The maximum absolute atomic E-state index is 13.2. The zero-order valence-corrected chi connectivity index (χ0v) is 11.0. The molecule has 0 fully saturated rings. The van der Waals surface area contributed by atoms with Crippen molar-refractivity contribution in [3.63, 3.8) is 0 Å². The minimum Gasteiger partial charge on any atom is -0.465 e. The molecule has 0 atom stereocenters. The van der Waals surface area contributed by atoms with E-state index in [1.165, 1.54) is 24.9 Å². The van der Waals surface area contributed by atoms with Crippen LogP contribution < -0.4 is 5.73 Å². The number of nitrogens with two attached hydrogens (primary N) is 1. The molecule has 98 valence electrons. The van der Waals surface area contributed by atoms with Crippen LogP contribution in [0.2, 0.25) is 0 Å². The molecule has 0 aromatic heterocycles. The Morgan fingerprint density at radius 1 is 1.21 bits per heavy atom. The van der Waals surface area contributed by atoms with Crippen LogP contribution in [0, 0.1) is 5.82 Å². The molecule has 0 unspecified atom stereocenters. The summed E-state index contributed by atoms with van der Waals surface area (Å²) >= 11 is 1.30. The number of para-hydroxylation sites is 1. The highest BCUT2D eigenvalue weighted by molar-refractivity contribution is 7.99. The predicted octanol–water partition coefficient (Wildman–Crippen LogP) is 3.35. The second kappa shape index (κ2) is 5.75. The van der Waals surface area contributed by atoms with Gasteiger partial charge in [0.15, 0.2) is 0 Å². The SMILES string of the molecule is COC(=O)c1cc(F)ccc1Sc1ccccc1N. The first-order valence-corrected chi connectivity index (χ1v) is 6.33. The van der Waals surface area contributed by atoms with Gasteiger partial charge in [-0.15, -0.1) is 0 Å². The summed E-state index contributed by atoms with van der Waals surface area (Å²) in [5, 5.41) is 0. The van der Waals surface area contributed by atoms with Crippen LogP contribution in [0.4, 0.5) is 10.1 Å². The van der Waals surface area contributed by atoms with E-state index in [0.29, 0.717) is 10.6 Å². The van der Waals surface area contributed by atoms with Crippen molar-refractivity contribution in [3.8, 4) is 0 Å². The lowest BCUT2D eigenvalue weighted by Crippen LogP contribution is -2.03. The maximum Gasteiger partial charge on any atom is 0.339 e. The molecular weight excluding hydrogens is 265 g/mol. The van der Waals surface area contributed by atoms with Gasteiger partial charge in [0, 0.05) is 15.5 Å². The average molecular weight is 277 g/mol. The first-order valence-electron chi connectivity index (χ1n) is 5.52. The van der Waals surface area contributed by atoms with Crippen molar-refractivity contribution in [2.45, 2.75) is 9.79 Å². The van der Waals surface area contributed by atoms with Gasteiger partial charge in [-0.2, -0.15) is 0 Å². The van der Waals surface area contributed by atoms with Gasteiger partial charge in [-0.1, -0.05) is 23.9 Å². The lowest BCUT2D eigenvalue weighted by molar-refractivity contribution is 0.0596. The van der Waals surface area contributed by atoms with Crippen LogP contribution in [0.5, 0.6) is 0 Å². The van der Waals surface area contributed by atoms with Crippen molar-refractivity contribution in [1.82, 2.24) is 0 Å². The van der Waals surface area contributed by atoms with Gasteiger partial charge in [0.25, 0.3) is 0 Å². The molecule has 3 nitrogen and oxygen atoms in total. The molecule has 2 aromatic carbocycles. The standard InChI is InChI=1S/C14H12FNO2S/c1-18-14(17)10-8-9(15)6-7-12(10)19-13-5-3-2-4-11(13)16/h2-8H,16H2,1H3. The van der Waals surface area contributed by atoms with Gasteiger partial charge in [0.1, 0.15) is 5.82 Å². The van der Waals surface area contributed by atoms with Crippen LogP contribution in [0.1, 0.15) is 10.4 Å². The zero-order chi connectivity index (χ0) is 13.8. The molecule has 0 spiro atoms. The predicted molar refractivity (Wildman–Crippen MR) is 72.7 cm³/mol. The van der Waals surface area contributed by atoms with Crippen molar-refractivity contribution in [3.05, 3.63) is 53.8 Å². The summed E-state index contributed by atoms with van der Waals surface area (Å²) in [5.74, 6) is -1.05. The third kappa shape index (κ3) is 3.06. The van der Waals surface area contributed by atoms with Crippen LogP contribution in [0.15, 0.2) is 52.3 Å². The van der Waals surface area contributed by atoms with E-state index in [1.54, 1.807) is 12.1 Å². The second-order valence-electron chi connectivity index (χ2n) is 3.77. The number of methoxy groups -OCH3 is 1. The summed E-state index contributed by atoms with van der Waals surface area (Å²) in [5.41, 5.74) is 6.64. The lowest BCUT2D eigenvalue weighted by Gasteiger charge is -2.09. The molecule has 2 aromatic rings. The van der Waals surface area contributed by atoms with E-state index < -0.39 is 11.8 Å². The summed E-state index contributed by atoms with van der Waals surface area (Å²) < 4.78 is 17.9. The van der Waals surface area contributed by atoms with Crippen molar-refractivity contribution in [1.29, 1.82) is 0 Å². The Hall–Kier alpha value is -2.01. The van der Waals surface area contributed by atoms with Crippen molar-refractivity contribution < 1.29 is 13.9 Å². The molecule has 0 radical (unpaired) electrons. The zero-order valence-electron chi connectivity index (χ0n) is 10.2. The Morgan fingerprint density at radius 3 is 2.63 bits per heavy atom. The third-order valence-electron chi connectivity index (χ3n) is 2.49. The summed E-state index contributed by atoms with van der Waals surface area (Å²) in [6, 6.07) is 11.3. The van der Waals surface area contributed by atoms with E-state index >= 15 is 0 Å². The number of benzene rings is 2. The number of nitrogen functional groups attached to an aromatic ring is 1. The van der Waals surface area contributed by atoms with E-state index in [-0.39, 0.29) is 5.56 Å². The van der Waals surface area contributed by atoms with Crippen molar-refractivity contribution in [2.24, 2.45) is 0 Å². The fourth-order valence-electron chi connectivity index (χ4n) is 1.55. The van der Waals surface area contributed by atoms with Crippen LogP contribution in [-0.2, 0) is 4.74 Å². The average Bonchev–Trinajstić information content (AvgIpc) is 2.42. The molecular formula is C14H12FNO2S. The highest BCUT2D eigenvalue weighted by Crippen LogP contribution is 2.34. The van der Waals surface area contributed by atoms with Gasteiger partial charge in [0.05, 0.1) is 12.7 Å². The number of anilines is 1. The maximum atomic E-state index is 13.2. The first-order chi connectivity index (χ1) is 9.11. The highest BCUT2D eigenvalue weighted by Gasteiger charge is 2.14. The van der Waals surface area contributed by atoms with Crippen LogP contribution in [0.25, 0.3) is 0 Å². The molecule has 0 aliphatic carbocycles. The quantitative estimate of drug-likeness (QED) is 0.690. The molecule has 0 aliphatic rings. The van der Waals surface area contributed by atoms with E-state index in [2.05, 4.69) is 4.74 Å². The number of carbonyl (C=O) groups excluding carboxylic acids is 1. The fourth-order valence-corrected chi connectivity index (χ4v) is 2.51. The number of carbonyl (C=O) groups is 1. The summed E-state index contributed by atoms with van der Waals surface area (Å²) in [6.07, 6.45) is 0. The van der Waals surface area contributed by atoms with E-state index in [0.717, 1.165) is 11.0 Å². The van der Waals surface area contributed by atoms with Crippen LogP contribution in [0.3, 0.4) is 0 Å². The Kier molecular flexibility index (Phi) is 4.06. The number of rotatable bonds is 3. The number of halogens is 1. The topological polar surface area (TPSA) is 52.3 Å². The molecule has 0 saturated carbocycles. The largest absolute Gasteiger partial charge is 0.465 e. The van der Waals surface area contributed by atoms with Crippen molar-refractivity contribution >= 4 is 23.4 Å². The van der Waals surface area contributed by atoms with Gasteiger partial charge in [-0.05, 0) is 30.3 Å². The van der Waals surface area contributed by atoms with Crippen LogP contribution in [-0.4, -0.2) is 13.1 Å². The Balaban J connectivity index is 2.40. The van der Waals surface area contributed by atoms with E-state index in [9.17, 15) is 9.18 Å². The van der Waals surface area contributed by atoms with Gasteiger partial charge < -0.3 is 10.5 Å². The minimum atomic E-state index is -0.573. The van der Waals surface area contributed by atoms with Crippen LogP contribution >= 0.6 is 11.8 Å². The fraction of sp³-hybridized carbons (Fsp3) is 0.0714. The Morgan fingerprint density at radius 2 is 1.95 bits per heavy atom. The lowest BCUT2D eigenvalue weighted by atomic mass is 10.2. The molecule has 0 amide bonds. The monoisotopic (exact) mass is 277 g/mol. The number of ether oxygens (including phenoxy) is 1. The molecule has 5 heteroatoms. The van der Waals surface area contributed by atoms with Gasteiger partial charge >= 0.3 is 5.97 Å². The molecule has 0 aliphatic heterocycles. The van der Waals surface area contributed by atoms with Gasteiger partial charge in [-0.3, -0.25) is 0 Å².